The van der Waals surface area contributed by atoms with E-state index in [9.17, 15) is 14.7 Å². The van der Waals surface area contributed by atoms with Gasteiger partial charge in [0.1, 0.15) is 22.8 Å². The van der Waals surface area contributed by atoms with E-state index in [1.54, 1.807) is 12.3 Å². The Morgan fingerprint density at radius 1 is 0.833 bits per heavy atom. The minimum atomic E-state index is -0.904. The first-order valence-electron chi connectivity index (χ1n) is 14.2. The van der Waals surface area contributed by atoms with E-state index in [0.29, 0.717) is 34.4 Å². The third kappa shape index (κ3) is 7.26. The Labute approximate surface area is 259 Å². The van der Waals surface area contributed by atoms with Crippen LogP contribution in [0.3, 0.4) is 0 Å². The van der Waals surface area contributed by atoms with Gasteiger partial charge < -0.3 is 34.6 Å². The molecular formula is C30H41LiN4O7. The fraction of sp³-hybridized carbons (Fsp3) is 0.600. The van der Waals surface area contributed by atoms with Gasteiger partial charge in [-0.05, 0) is 69.7 Å². The van der Waals surface area contributed by atoms with Gasteiger partial charge in [0, 0.05) is 75.8 Å². The van der Waals surface area contributed by atoms with E-state index in [4.69, 9.17) is 14.2 Å². The number of pyridine rings is 2. The molecule has 42 heavy (non-hydrogen) atoms. The van der Waals surface area contributed by atoms with Crippen LogP contribution in [0.2, 0.25) is 0 Å². The van der Waals surface area contributed by atoms with Gasteiger partial charge in [-0.25, -0.2) is 19.6 Å². The van der Waals surface area contributed by atoms with Gasteiger partial charge in [0.25, 0.3) is 0 Å². The molecule has 224 valence electrons. The van der Waals surface area contributed by atoms with Crippen LogP contribution >= 0.6 is 0 Å². The minimum absolute atomic E-state index is 0. The fourth-order valence-electron chi connectivity index (χ4n) is 6.21. The zero-order valence-electron chi connectivity index (χ0n) is 25.2. The Morgan fingerprint density at radius 3 is 1.64 bits per heavy atom. The molecule has 0 aromatic carbocycles. The predicted octanol–water partition coefficient (Wildman–Crippen LogP) is 0.716. The summed E-state index contributed by atoms with van der Waals surface area (Å²) in [5.41, 5.74) is 3.42. The van der Waals surface area contributed by atoms with E-state index in [1.807, 2.05) is 33.0 Å². The standard InChI is InChI=1S/C16H22N2O3.C14H18N2O3.Li.H2O/c1-3-21-15(19)13-8-12(2)9-17-14(13)18-10-16(11-18)4-6-20-7-5-16;1-10-6-11(13(17)18)12(15-7-10)16-8-14(9-16)2-4-19-5-3-14;;/h8-9H,3-7,10-11H2,1-2H3;6-7H,2-5,8-9H2,1H3,(H,17,18);;1H2/q;;+1;/p-1. The van der Waals surface area contributed by atoms with Gasteiger partial charge in [-0.1, -0.05) is 0 Å². The molecule has 0 amide bonds. The van der Waals surface area contributed by atoms with Crippen LogP contribution in [-0.2, 0) is 14.2 Å². The first-order valence-corrected chi connectivity index (χ1v) is 14.2. The minimum Gasteiger partial charge on any atom is -0.870 e. The van der Waals surface area contributed by atoms with Gasteiger partial charge in [0.2, 0.25) is 0 Å². The zero-order chi connectivity index (χ0) is 28.3. The molecule has 2 aromatic rings. The summed E-state index contributed by atoms with van der Waals surface area (Å²) in [6.45, 7) is 13.0. The second-order valence-corrected chi connectivity index (χ2v) is 11.7. The molecule has 0 bridgehead atoms. The number of aromatic carboxylic acids is 1. The number of ether oxygens (including phenoxy) is 3. The van der Waals surface area contributed by atoms with Gasteiger partial charge >= 0.3 is 30.8 Å². The molecule has 2 spiro atoms. The molecule has 4 aliphatic rings. The second kappa shape index (κ2) is 14.2. The molecule has 4 fully saturated rings. The quantitative estimate of drug-likeness (QED) is 0.397. The van der Waals surface area contributed by atoms with E-state index in [1.165, 1.54) is 0 Å². The monoisotopic (exact) mass is 576 g/mol. The van der Waals surface area contributed by atoms with Crippen LogP contribution in [0, 0.1) is 24.7 Å². The van der Waals surface area contributed by atoms with Crippen molar-refractivity contribution in [2.24, 2.45) is 10.8 Å². The Bertz CT molecular complexity index is 1230. The molecule has 0 aliphatic carbocycles. The number of hydrogen-bond donors (Lipinski definition) is 1. The van der Waals surface area contributed by atoms with Crippen molar-refractivity contribution in [2.45, 2.75) is 46.5 Å². The Kier molecular flexibility index (Phi) is 11.4. The van der Waals surface area contributed by atoms with E-state index in [2.05, 4.69) is 19.8 Å². The maximum Gasteiger partial charge on any atom is 1.00 e. The third-order valence-electron chi connectivity index (χ3n) is 8.54. The molecule has 2 aromatic heterocycles. The number of rotatable bonds is 5. The van der Waals surface area contributed by atoms with E-state index >= 15 is 0 Å². The van der Waals surface area contributed by atoms with Crippen LogP contribution in [0.4, 0.5) is 11.6 Å². The summed E-state index contributed by atoms with van der Waals surface area (Å²) in [6.07, 6.45) is 7.88. The summed E-state index contributed by atoms with van der Waals surface area (Å²) in [6, 6.07) is 3.56. The Morgan fingerprint density at radius 2 is 1.24 bits per heavy atom. The molecule has 12 heteroatoms. The van der Waals surface area contributed by atoms with Crippen LogP contribution in [0.25, 0.3) is 0 Å². The fourth-order valence-corrected chi connectivity index (χ4v) is 6.21. The number of carbonyl (C=O) groups is 2. The van der Waals surface area contributed by atoms with E-state index < -0.39 is 5.97 Å². The second-order valence-electron chi connectivity index (χ2n) is 11.7. The Balaban J connectivity index is 0.000000221. The number of carboxylic acid groups (broad SMARTS) is 1. The summed E-state index contributed by atoms with van der Waals surface area (Å²) in [4.78, 5) is 36.5. The number of esters is 1. The number of carbonyl (C=O) groups excluding carboxylic acids is 1. The topological polar surface area (TPSA) is 144 Å². The number of carboxylic acids is 1. The van der Waals surface area contributed by atoms with Crippen LogP contribution in [0.15, 0.2) is 24.5 Å². The van der Waals surface area contributed by atoms with Gasteiger partial charge in [0.05, 0.1) is 6.61 Å². The average Bonchev–Trinajstić information content (AvgIpc) is 2.92. The molecule has 0 atom stereocenters. The van der Waals surface area contributed by atoms with E-state index in [0.717, 1.165) is 95.2 Å². The maximum atomic E-state index is 12.1. The van der Waals surface area contributed by atoms with Crippen molar-refractivity contribution in [2.75, 3.05) is 69.0 Å². The largest absolute Gasteiger partial charge is 1.00 e. The molecule has 6 rings (SSSR count). The molecule has 2 N–H and O–H groups in total. The molecular weight excluding hydrogens is 535 g/mol. The molecule has 4 aliphatic heterocycles. The molecule has 0 saturated carbocycles. The summed E-state index contributed by atoms with van der Waals surface area (Å²) in [5.74, 6) is 0.183. The summed E-state index contributed by atoms with van der Waals surface area (Å²) in [7, 11) is 0. The van der Waals surface area contributed by atoms with Crippen molar-refractivity contribution < 1.29 is 53.2 Å². The average molecular weight is 577 g/mol. The number of anilines is 2. The first kappa shape index (κ1) is 33.8. The SMILES string of the molecule is CCOC(=O)c1cc(C)cnc1N1CC2(CCOCC2)C1.Cc1cnc(N2CC3(CCOCC3)C2)c(C(=O)O)c1.[Li+].[OH-]. The van der Waals surface area contributed by atoms with Gasteiger partial charge in [-0.15, -0.1) is 0 Å². The van der Waals surface area contributed by atoms with Crippen LogP contribution in [0.5, 0.6) is 0 Å². The third-order valence-corrected chi connectivity index (χ3v) is 8.54. The van der Waals surface area contributed by atoms with Crippen molar-refractivity contribution in [1.29, 1.82) is 0 Å². The van der Waals surface area contributed by atoms with Crippen molar-refractivity contribution in [1.82, 2.24) is 9.97 Å². The summed E-state index contributed by atoms with van der Waals surface area (Å²) < 4.78 is 16.0. The van der Waals surface area contributed by atoms with Gasteiger partial charge in [-0.2, -0.15) is 0 Å². The molecule has 0 unspecified atom stereocenters. The van der Waals surface area contributed by atoms with Crippen molar-refractivity contribution >= 4 is 23.6 Å². The number of hydrogen-bond acceptors (Lipinski definition) is 10. The van der Waals surface area contributed by atoms with Crippen LogP contribution in [0.1, 0.15) is 64.4 Å². The molecule has 4 saturated heterocycles. The molecule has 6 heterocycles. The van der Waals surface area contributed by atoms with Crippen molar-refractivity contribution in [3.05, 3.63) is 46.8 Å². The van der Waals surface area contributed by atoms with Crippen molar-refractivity contribution in [3.8, 4) is 0 Å². The van der Waals surface area contributed by atoms with Crippen LogP contribution in [-0.4, -0.2) is 91.7 Å². The molecule has 0 radical (unpaired) electrons. The van der Waals surface area contributed by atoms with Gasteiger partial charge in [-0.3, -0.25) is 0 Å². The van der Waals surface area contributed by atoms with E-state index in [-0.39, 0.29) is 30.3 Å². The maximum absolute atomic E-state index is 12.1. The smallest absolute Gasteiger partial charge is 0.870 e. The number of aromatic nitrogens is 2. The first-order chi connectivity index (χ1) is 19.2. The zero-order valence-corrected chi connectivity index (χ0v) is 25.2. The normalized spacial score (nSPS) is 19.7. The number of aryl methyl sites for hydroxylation is 2. The number of nitrogens with zero attached hydrogens (tertiary/aromatic N) is 4. The Hall–Kier alpha value is -2.68. The van der Waals surface area contributed by atoms with Crippen LogP contribution < -0.4 is 28.7 Å². The van der Waals surface area contributed by atoms with Crippen molar-refractivity contribution in [3.63, 3.8) is 0 Å². The van der Waals surface area contributed by atoms with Gasteiger partial charge in [0.15, 0.2) is 0 Å². The summed E-state index contributed by atoms with van der Waals surface area (Å²) >= 11 is 0. The summed E-state index contributed by atoms with van der Waals surface area (Å²) in [5, 5.41) is 9.27. The predicted molar refractivity (Wildman–Crippen MR) is 152 cm³/mol. The molecule has 11 nitrogen and oxygen atoms in total.